The highest BCUT2D eigenvalue weighted by molar-refractivity contribution is 7.13. The van der Waals surface area contributed by atoms with Gasteiger partial charge in [-0.15, -0.1) is 21.5 Å². The van der Waals surface area contributed by atoms with E-state index in [0.29, 0.717) is 18.4 Å². The molecule has 0 aliphatic heterocycles. The second-order valence-corrected chi connectivity index (χ2v) is 6.88. The second kappa shape index (κ2) is 8.54. The van der Waals surface area contributed by atoms with E-state index in [1.165, 1.54) is 0 Å². The molecule has 28 heavy (non-hydrogen) atoms. The topological polar surface area (TPSA) is 57.4 Å². The van der Waals surface area contributed by atoms with Crippen molar-refractivity contribution in [3.8, 4) is 22.3 Å². The van der Waals surface area contributed by atoms with Crippen LogP contribution in [0.1, 0.15) is 17.0 Å². The van der Waals surface area contributed by atoms with Gasteiger partial charge in [0.15, 0.2) is 0 Å². The summed E-state index contributed by atoms with van der Waals surface area (Å²) in [7, 11) is 1.65. The lowest BCUT2D eigenvalue weighted by Gasteiger charge is -2.11. The van der Waals surface area contributed by atoms with Crippen molar-refractivity contribution in [2.45, 2.75) is 6.61 Å². The summed E-state index contributed by atoms with van der Waals surface area (Å²) in [6.07, 6.45) is 3.73. The third-order valence-electron chi connectivity index (χ3n) is 4.03. The van der Waals surface area contributed by atoms with Crippen molar-refractivity contribution in [3.05, 3.63) is 83.1 Å². The normalized spacial score (nSPS) is 11.0. The Balaban J connectivity index is 1.49. The lowest BCUT2D eigenvalue weighted by Crippen LogP contribution is -1.99. The van der Waals surface area contributed by atoms with E-state index in [1.807, 2.05) is 72.1 Å². The van der Waals surface area contributed by atoms with Crippen molar-refractivity contribution in [2.75, 3.05) is 7.11 Å². The smallest absolute Gasteiger partial charge is 0.258 e. The molecule has 2 aromatic carbocycles. The summed E-state index contributed by atoms with van der Waals surface area (Å²) in [4.78, 5) is 0.956. The molecule has 140 valence electrons. The third-order valence-corrected chi connectivity index (χ3v) is 4.89. The minimum absolute atomic E-state index is 0.415. The zero-order valence-corrected chi connectivity index (χ0v) is 16.1. The summed E-state index contributed by atoms with van der Waals surface area (Å²) in [5.41, 5.74) is 1.95. The lowest BCUT2D eigenvalue weighted by molar-refractivity contribution is 0.296. The first-order valence-electron chi connectivity index (χ1n) is 8.72. The molecular formula is C22H18N2O3S. The molecular weight excluding hydrogens is 372 g/mol. The quantitative estimate of drug-likeness (QED) is 0.414. The van der Waals surface area contributed by atoms with Crippen molar-refractivity contribution < 1.29 is 13.9 Å². The average Bonchev–Trinajstić information content (AvgIpc) is 3.43. The largest absolute Gasteiger partial charge is 0.496 e. The van der Waals surface area contributed by atoms with Crippen LogP contribution < -0.4 is 9.47 Å². The van der Waals surface area contributed by atoms with Gasteiger partial charge in [-0.2, -0.15) is 0 Å². The Labute approximate surface area is 166 Å². The zero-order chi connectivity index (χ0) is 19.2. The number of rotatable bonds is 7. The van der Waals surface area contributed by atoms with Crippen LogP contribution >= 0.6 is 11.3 Å². The fourth-order valence-corrected chi connectivity index (χ4v) is 3.31. The molecule has 5 nitrogen and oxygen atoms in total. The van der Waals surface area contributed by atoms with Crippen LogP contribution in [0.5, 0.6) is 11.5 Å². The summed E-state index contributed by atoms with van der Waals surface area (Å²) in [5, 5.41) is 10.1. The van der Waals surface area contributed by atoms with Crippen molar-refractivity contribution in [3.63, 3.8) is 0 Å². The number of benzene rings is 2. The molecule has 0 spiro atoms. The van der Waals surface area contributed by atoms with Crippen LogP contribution in [0.3, 0.4) is 0 Å². The zero-order valence-electron chi connectivity index (χ0n) is 15.2. The lowest BCUT2D eigenvalue weighted by atomic mass is 10.1. The van der Waals surface area contributed by atoms with Crippen LogP contribution in [-0.4, -0.2) is 17.3 Å². The van der Waals surface area contributed by atoms with Crippen LogP contribution in [0.25, 0.3) is 22.9 Å². The predicted molar refractivity (Wildman–Crippen MR) is 110 cm³/mol. The van der Waals surface area contributed by atoms with Gasteiger partial charge in [0.05, 0.1) is 12.0 Å². The van der Waals surface area contributed by atoms with Gasteiger partial charge < -0.3 is 13.9 Å². The molecule has 0 amide bonds. The molecule has 0 N–H and O–H groups in total. The maximum absolute atomic E-state index is 5.85. The number of nitrogens with zero attached hydrogens (tertiary/aromatic N) is 2. The Morgan fingerprint density at radius 3 is 2.68 bits per heavy atom. The monoisotopic (exact) mass is 390 g/mol. The van der Waals surface area contributed by atoms with Gasteiger partial charge >= 0.3 is 0 Å². The molecule has 0 atom stereocenters. The van der Waals surface area contributed by atoms with E-state index in [4.69, 9.17) is 13.9 Å². The molecule has 4 rings (SSSR count). The van der Waals surface area contributed by atoms with E-state index in [9.17, 15) is 0 Å². The van der Waals surface area contributed by atoms with Crippen molar-refractivity contribution >= 4 is 23.5 Å². The van der Waals surface area contributed by atoms with E-state index in [1.54, 1.807) is 24.5 Å². The maximum Gasteiger partial charge on any atom is 0.258 e. The van der Waals surface area contributed by atoms with Crippen LogP contribution in [0.4, 0.5) is 0 Å². The Morgan fingerprint density at radius 2 is 1.89 bits per heavy atom. The molecule has 0 saturated carbocycles. The van der Waals surface area contributed by atoms with E-state index in [-0.39, 0.29) is 0 Å². The van der Waals surface area contributed by atoms with Gasteiger partial charge in [0, 0.05) is 11.6 Å². The minimum atomic E-state index is 0.415. The molecule has 0 saturated heterocycles. The average molecular weight is 390 g/mol. The van der Waals surface area contributed by atoms with Crippen LogP contribution in [0, 0.1) is 0 Å². The van der Waals surface area contributed by atoms with Crippen molar-refractivity contribution in [1.82, 2.24) is 10.2 Å². The number of aromatic nitrogens is 2. The number of thiophene rings is 1. The molecule has 0 radical (unpaired) electrons. The molecule has 0 fully saturated rings. The fourth-order valence-electron chi connectivity index (χ4n) is 2.66. The first-order valence-corrected chi connectivity index (χ1v) is 9.60. The molecule has 0 aliphatic rings. The SMILES string of the molecule is COc1ccc(/C=C\c2nnc(-c3cccs3)o2)cc1COc1ccccc1. The van der Waals surface area contributed by atoms with Crippen LogP contribution in [0.2, 0.25) is 0 Å². The Kier molecular flexibility index (Phi) is 5.49. The molecule has 6 heteroatoms. The first kappa shape index (κ1) is 18.0. The van der Waals surface area contributed by atoms with Crippen molar-refractivity contribution in [1.29, 1.82) is 0 Å². The van der Waals surface area contributed by atoms with E-state index < -0.39 is 0 Å². The maximum atomic E-state index is 5.85. The summed E-state index contributed by atoms with van der Waals surface area (Å²) in [5.74, 6) is 2.59. The summed E-state index contributed by atoms with van der Waals surface area (Å²) in [6, 6.07) is 19.5. The predicted octanol–water partition coefficient (Wildman–Crippen LogP) is 5.56. The highest BCUT2D eigenvalue weighted by Gasteiger charge is 2.08. The second-order valence-electron chi connectivity index (χ2n) is 5.93. The summed E-state index contributed by atoms with van der Waals surface area (Å²) >= 11 is 1.57. The minimum Gasteiger partial charge on any atom is -0.496 e. The highest BCUT2D eigenvalue weighted by atomic mass is 32.1. The van der Waals surface area contributed by atoms with Gasteiger partial charge in [-0.25, -0.2) is 0 Å². The van der Waals surface area contributed by atoms with E-state index >= 15 is 0 Å². The number of hydrogen-bond acceptors (Lipinski definition) is 6. The summed E-state index contributed by atoms with van der Waals surface area (Å²) < 4.78 is 17.0. The van der Waals surface area contributed by atoms with Gasteiger partial charge in [0.2, 0.25) is 5.89 Å². The highest BCUT2D eigenvalue weighted by Crippen LogP contribution is 2.25. The van der Waals surface area contributed by atoms with Gasteiger partial charge in [0.1, 0.15) is 18.1 Å². The Bertz CT molecular complexity index is 1060. The number of ether oxygens (including phenoxy) is 2. The van der Waals surface area contributed by atoms with Gasteiger partial charge in [-0.05, 0) is 47.4 Å². The van der Waals surface area contributed by atoms with Crippen molar-refractivity contribution in [2.24, 2.45) is 0 Å². The van der Waals surface area contributed by atoms with Crippen LogP contribution in [-0.2, 0) is 6.61 Å². The standard InChI is InChI=1S/C22H18N2O3S/c1-25-19-11-9-16(14-17(19)15-26-18-6-3-2-4-7-18)10-12-21-23-24-22(27-21)20-8-5-13-28-20/h2-14H,15H2,1H3/b12-10-. The number of hydrogen-bond donors (Lipinski definition) is 0. The molecule has 0 unspecified atom stereocenters. The van der Waals surface area contributed by atoms with E-state index in [2.05, 4.69) is 10.2 Å². The fraction of sp³-hybridized carbons (Fsp3) is 0.0909. The first-order chi connectivity index (χ1) is 13.8. The molecule has 2 aromatic heterocycles. The van der Waals surface area contributed by atoms with E-state index in [0.717, 1.165) is 27.5 Å². The Hall–Kier alpha value is -3.38. The molecule has 4 aromatic rings. The molecule has 2 heterocycles. The van der Waals surface area contributed by atoms with Gasteiger partial charge in [0.25, 0.3) is 5.89 Å². The van der Waals surface area contributed by atoms with Crippen LogP contribution in [0.15, 0.2) is 70.5 Å². The number of para-hydroxylation sites is 1. The molecule has 0 bridgehead atoms. The molecule has 0 aliphatic carbocycles. The Morgan fingerprint density at radius 1 is 1.00 bits per heavy atom. The van der Waals surface area contributed by atoms with Gasteiger partial charge in [-0.3, -0.25) is 0 Å². The number of methoxy groups -OCH3 is 1. The summed E-state index contributed by atoms with van der Waals surface area (Å²) in [6.45, 7) is 0.415. The van der Waals surface area contributed by atoms with Gasteiger partial charge in [-0.1, -0.05) is 30.3 Å². The third kappa shape index (κ3) is 4.29.